The van der Waals surface area contributed by atoms with Crippen LogP contribution in [0.1, 0.15) is 17.5 Å². The van der Waals surface area contributed by atoms with Gasteiger partial charge in [-0.1, -0.05) is 35.9 Å². The lowest BCUT2D eigenvalue weighted by atomic mass is 10.0. The lowest BCUT2D eigenvalue weighted by Crippen LogP contribution is -2.13. The van der Waals surface area contributed by atoms with Crippen molar-refractivity contribution >= 4 is 23.3 Å². The number of benzene rings is 1. The zero-order valence-electron chi connectivity index (χ0n) is 10.6. The second-order valence-electron chi connectivity index (χ2n) is 4.20. The van der Waals surface area contributed by atoms with E-state index in [1.54, 1.807) is 0 Å². The fourth-order valence-corrected chi connectivity index (χ4v) is 1.82. The van der Waals surface area contributed by atoms with Crippen molar-refractivity contribution in [1.82, 2.24) is 9.97 Å². The Labute approximate surface area is 116 Å². The number of hydrogen-bond acceptors (Lipinski definition) is 3. The van der Waals surface area contributed by atoms with E-state index in [1.807, 2.05) is 31.2 Å². The number of nitrogens with zero attached hydrogens (tertiary/aromatic N) is 2. The first kappa shape index (κ1) is 13.5. The van der Waals surface area contributed by atoms with E-state index < -0.39 is 0 Å². The van der Waals surface area contributed by atoms with Gasteiger partial charge in [-0.2, -0.15) is 0 Å². The Hall–Kier alpha value is -1.94. The summed E-state index contributed by atoms with van der Waals surface area (Å²) in [6, 6.07) is 8.04. The number of aromatic nitrogens is 2. The van der Waals surface area contributed by atoms with Crippen LogP contribution < -0.4 is 5.32 Å². The van der Waals surface area contributed by atoms with Crippen LogP contribution in [0, 0.1) is 6.92 Å². The first-order chi connectivity index (χ1) is 9.15. The number of halogens is 1. The zero-order valence-corrected chi connectivity index (χ0v) is 11.3. The highest BCUT2D eigenvalue weighted by molar-refractivity contribution is 6.29. The maximum atomic E-state index is 11.8. The van der Waals surface area contributed by atoms with E-state index in [2.05, 4.69) is 15.3 Å². The van der Waals surface area contributed by atoms with Gasteiger partial charge in [0.15, 0.2) is 5.82 Å². The smallest absolute Gasteiger partial charge is 0.225 e. The fourth-order valence-electron chi connectivity index (χ4n) is 1.72. The van der Waals surface area contributed by atoms with Crippen molar-refractivity contribution in [1.29, 1.82) is 0 Å². The standard InChI is InChI=1S/C14H14ClN3O/c1-10-4-2-3-5-11(10)6-7-14(19)18-13-9-16-12(15)8-17-13/h2-5,8-9H,6-7H2,1H3,(H,17,18,19). The second-order valence-corrected chi connectivity index (χ2v) is 4.59. The lowest BCUT2D eigenvalue weighted by molar-refractivity contribution is -0.116. The molecule has 0 saturated carbocycles. The van der Waals surface area contributed by atoms with E-state index in [0.29, 0.717) is 23.8 Å². The van der Waals surface area contributed by atoms with E-state index in [4.69, 9.17) is 11.6 Å². The van der Waals surface area contributed by atoms with Crippen molar-refractivity contribution in [2.45, 2.75) is 19.8 Å². The van der Waals surface area contributed by atoms with Crippen LogP contribution in [0.15, 0.2) is 36.7 Å². The van der Waals surface area contributed by atoms with Crippen molar-refractivity contribution in [3.05, 3.63) is 52.9 Å². The number of hydrogen-bond donors (Lipinski definition) is 1. The lowest BCUT2D eigenvalue weighted by Gasteiger charge is -2.06. The van der Waals surface area contributed by atoms with Crippen LogP contribution in [0.3, 0.4) is 0 Å². The molecule has 1 aromatic heterocycles. The summed E-state index contributed by atoms with van der Waals surface area (Å²) in [5.74, 6) is 0.332. The molecule has 1 amide bonds. The predicted molar refractivity (Wildman–Crippen MR) is 75.2 cm³/mol. The maximum absolute atomic E-state index is 11.8. The van der Waals surface area contributed by atoms with Crippen molar-refractivity contribution in [3.8, 4) is 0 Å². The van der Waals surface area contributed by atoms with Gasteiger partial charge in [0.1, 0.15) is 5.15 Å². The molecule has 2 rings (SSSR count). The summed E-state index contributed by atoms with van der Waals surface area (Å²) in [4.78, 5) is 19.6. The van der Waals surface area contributed by atoms with Gasteiger partial charge in [-0.3, -0.25) is 4.79 Å². The van der Waals surface area contributed by atoms with Gasteiger partial charge < -0.3 is 5.32 Å². The average molecular weight is 276 g/mol. The molecule has 0 unspecified atom stereocenters. The van der Waals surface area contributed by atoms with Crippen LogP contribution in [0.2, 0.25) is 5.15 Å². The van der Waals surface area contributed by atoms with Crippen LogP contribution in [0.25, 0.3) is 0 Å². The molecule has 1 N–H and O–H groups in total. The number of rotatable bonds is 4. The molecule has 0 atom stereocenters. The average Bonchev–Trinajstić information content (AvgIpc) is 2.40. The van der Waals surface area contributed by atoms with Crippen LogP contribution in [0.5, 0.6) is 0 Å². The van der Waals surface area contributed by atoms with Gasteiger partial charge in [0, 0.05) is 6.42 Å². The molecule has 19 heavy (non-hydrogen) atoms. The van der Waals surface area contributed by atoms with Crippen LogP contribution in [-0.4, -0.2) is 15.9 Å². The maximum Gasteiger partial charge on any atom is 0.225 e. The molecule has 98 valence electrons. The molecule has 0 aliphatic rings. The predicted octanol–water partition coefficient (Wildman–Crippen LogP) is 3.01. The molecule has 4 nitrogen and oxygen atoms in total. The highest BCUT2D eigenvalue weighted by Crippen LogP contribution is 2.10. The Bertz CT molecular complexity index is 569. The molecular weight excluding hydrogens is 262 g/mol. The van der Waals surface area contributed by atoms with Crippen molar-refractivity contribution in [3.63, 3.8) is 0 Å². The monoisotopic (exact) mass is 275 g/mol. The first-order valence-electron chi connectivity index (χ1n) is 5.97. The highest BCUT2D eigenvalue weighted by Gasteiger charge is 2.05. The highest BCUT2D eigenvalue weighted by atomic mass is 35.5. The molecule has 5 heteroatoms. The normalized spacial score (nSPS) is 10.2. The Morgan fingerprint density at radius 2 is 2.05 bits per heavy atom. The summed E-state index contributed by atoms with van der Waals surface area (Å²) in [5, 5.41) is 2.99. The first-order valence-corrected chi connectivity index (χ1v) is 6.35. The van der Waals surface area contributed by atoms with Gasteiger partial charge >= 0.3 is 0 Å². The molecule has 0 bridgehead atoms. The molecule has 2 aromatic rings. The second kappa shape index (κ2) is 6.29. The van der Waals surface area contributed by atoms with E-state index in [1.165, 1.54) is 23.5 Å². The minimum Gasteiger partial charge on any atom is -0.309 e. The summed E-state index contributed by atoms with van der Waals surface area (Å²) < 4.78 is 0. The van der Waals surface area contributed by atoms with Gasteiger partial charge in [-0.15, -0.1) is 0 Å². The summed E-state index contributed by atoms with van der Waals surface area (Å²) in [5.41, 5.74) is 2.38. The summed E-state index contributed by atoms with van der Waals surface area (Å²) >= 11 is 5.62. The SMILES string of the molecule is Cc1ccccc1CCC(=O)Nc1cnc(Cl)cn1. The topological polar surface area (TPSA) is 54.9 Å². The minimum atomic E-state index is -0.0834. The Kier molecular flexibility index (Phi) is 4.47. The molecule has 0 aliphatic heterocycles. The van der Waals surface area contributed by atoms with Crippen molar-refractivity contribution in [2.75, 3.05) is 5.32 Å². The molecule has 0 aliphatic carbocycles. The van der Waals surface area contributed by atoms with Gasteiger partial charge in [0.25, 0.3) is 0 Å². The third kappa shape index (κ3) is 4.03. The summed E-state index contributed by atoms with van der Waals surface area (Å²) in [6.45, 7) is 2.04. The molecule has 1 heterocycles. The van der Waals surface area contributed by atoms with Gasteiger partial charge in [-0.05, 0) is 24.5 Å². The van der Waals surface area contributed by atoms with E-state index in [-0.39, 0.29) is 5.91 Å². The number of anilines is 1. The number of carbonyl (C=O) groups excluding carboxylic acids is 1. The van der Waals surface area contributed by atoms with Crippen LogP contribution in [0.4, 0.5) is 5.82 Å². The van der Waals surface area contributed by atoms with Gasteiger partial charge in [0.05, 0.1) is 12.4 Å². The zero-order chi connectivity index (χ0) is 13.7. The summed E-state index contributed by atoms with van der Waals surface area (Å²) in [6.07, 6.45) is 3.96. The molecule has 0 spiro atoms. The number of carbonyl (C=O) groups is 1. The largest absolute Gasteiger partial charge is 0.309 e. The molecule has 1 aromatic carbocycles. The van der Waals surface area contributed by atoms with Gasteiger partial charge in [0.2, 0.25) is 5.91 Å². The number of aryl methyl sites for hydroxylation is 2. The molecule has 0 saturated heterocycles. The van der Waals surface area contributed by atoms with Crippen molar-refractivity contribution in [2.24, 2.45) is 0 Å². The van der Waals surface area contributed by atoms with E-state index in [0.717, 1.165) is 0 Å². The molecule has 0 fully saturated rings. The number of amides is 1. The van der Waals surface area contributed by atoms with Gasteiger partial charge in [-0.25, -0.2) is 9.97 Å². The van der Waals surface area contributed by atoms with E-state index >= 15 is 0 Å². The van der Waals surface area contributed by atoms with Crippen LogP contribution in [-0.2, 0) is 11.2 Å². The number of nitrogens with one attached hydrogen (secondary N) is 1. The minimum absolute atomic E-state index is 0.0834. The molecular formula is C14H14ClN3O. The molecule has 0 radical (unpaired) electrons. The Morgan fingerprint density at radius 3 is 2.74 bits per heavy atom. The van der Waals surface area contributed by atoms with Crippen LogP contribution >= 0.6 is 11.6 Å². The third-order valence-corrected chi connectivity index (χ3v) is 2.97. The fraction of sp³-hybridized carbons (Fsp3) is 0.214. The Balaban J connectivity index is 1.88. The van der Waals surface area contributed by atoms with Crippen molar-refractivity contribution < 1.29 is 4.79 Å². The summed E-state index contributed by atoms with van der Waals surface area (Å²) in [7, 11) is 0. The third-order valence-electron chi connectivity index (χ3n) is 2.77. The quantitative estimate of drug-likeness (QED) is 0.933. The Morgan fingerprint density at radius 1 is 1.26 bits per heavy atom. The van der Waals surface area contributed by atoms with E-state index in [9.17, 15) is 4.79 Å².